The van der Waals surface area contributed by atoms with E-state index in [2.05, 4.69) is 186 Å². The van der Waals surface area contributed by atoms with Gasteiger partial charge in [0, 0.05) is 43.4 Å². The lowest BCUT2D eigenvalue weighted by Gasteiger charge is -2.21. The van der Waals surface area contributed by atoms with E-state index in [-0.39, 0.29) is 16.2 Å². The molecule has 0 amide bonds. The van der Waals surface area contributed by atoms with Gasteiger partial charge < -0.3 is 8.97 Å². The van der Waals surface area contributed by atoms with Crippen LogP contribution in [0.5, 0.6) is 0 Å². The Bertz CT molecular complexity index is 3200. The van der Waals surface area contributed by atoms with Gasteiger partial charge in [-0.25, -0.2) is 0 Å². The lowest BCUT2D eigenvalue weighted by Crippen LogP contribution is -2.14. The molecular weight excluding hydrogens is 641 g/mol. The van der Waals surface area contributed by atoms with Crippen molar-refractivity contribution < 1.29 is 0 Å². The van der Waals surface area contributed by atoms with Gasteiger partial charge in [-0.3, -0.25) is 0 Å². The Morgan fingerprint density at radius 1 is 0.434 bits per heavy atom. The van der Waals surface area contributed by atoms with E-state index in [1.54, 1.807) is 0 Å². The van der Waals surface area contributed by atoms with E-state index in [0.717, 1.165) is 0 Å². The van der Waals surface area contributed by atoms with Gasteiger partial charge in [0.15, 0.2) is 0 Å². The molecule has 0 aliphatic heterocycles. The number of hydrogen-bond acceptors (Lipinski definition) is 0. The van der Waals surface area contributed by atoms with Crippen LogP contribution in [0.15, 0.2) is 121 Å². The Kier molecular flexibility index (Phi) is 5.77. The molecule has 1 aliphatic rings. The third-order valence-corrected chi connectivity index (χ3v) is 12.7. The van der Waals surface area contributed by atoms with Gasteiger partial charge in [-0.15, -0.1) is 0 Å². The molecule has 0 atom stereocenters. The maximum Gasteiger partial charge on any atom is 0.0620 e. The summed E-state index contributed by atoms with van der Waals surface area (Å²) in [5, 5.41) is 10.5. The minimum absolute atomic E-state index is 0.00497. The Labute approximate surface area is 310 Å². The van der Waals surface area contributed by atoms with Crippen LogP contribution in [0.4, 0.5) is 0 Å². The fourth-order valence-corrected chi connectivity index (χ4v) is 9.74. The summed E-state index contributed by atoms with van der Waals surface area (Å²) in [7, 11) is 0. The zero-order valence-electron chi connectivity index (χ0n) is 31.9. The largest absolute Gasteiger partial charge is 0.309 e. The Hall–Kier alpha value is -5.60. The molecule has 0 bridgehead atoms. The van der Waals surface area contributed by atoms with Crippen LogP contribution < -0.4 is 0 Å². The fraction of sp³-hybridized carbons (Fsp3) is 0.216. The topological polar surface area (TPSA) is 9.34 Å². The lowest BCUT2D eigenvalue weighted by atomic mass is 9.82. The van der Waals surface area contributed by atoms with Gasteiger partial charge >= 0.3 is 0 Å². The highest BCUT2D eigenvalue weighted by molar-refractivity contribution is 6.27. The number of rotatable bonds is 1. The van der Waals surface area contributed by atoms with Gasteiger partial charge in [-0.2, -0.15) is 0 Å². The van der Waals surface area contributed by atoms with E-state index < -0.39 is 0 Å². The Morgan fingerprint density at radius 3 is 1.81 bits per heavy atom. The second kappa shape index (κ2) is 9.88. The molecule has 0 N–H and O–H groups in total. The first kappa shape index (κ1) is 31.0. The Balaban J connectivity index is 1.32. The molecule has 0 spiro atoms. The van der Waals surface area contributed by atoms with Gasteiger partial charge in [0.05, 0.1) is 27.6 Å². The SMILES string of the molecule is CC(C)(C)c1ccc2c(c1)c1cc3c4cc(C(C)(C)C)cc5c6cc7c(cc6n(c3cc1n2-c1ccc2ccccc2c1)c54)C(C)(C)c1ccccc1-7. The average Bonchev–Trinajstić information content (AvgIpc) is 3.81. The van der Waals surface area contributed by atoms with Crippen molar-refractivity contribution in [2.45, 2.75) is 71.6 Å². The van der Waals surface area contributed by atoms with Crippen molar-refractivity contribution in [2.24, 2.45) is 0 Å². The number of hydrogen-bond donors (Lipinski definition) is 0. The van der Waals surface area contributed by atoms with Crippen LogP contribution in [0, 0.1) is 0 Å². The molecule has 1 aliphatic carbocycles. The maximum atomic E-state index is 2.60. The molecule has 0 fully saturated rings. The van der Waals surface area contributed by atoms with Gasteiger partial charge in [0.1, 0.15) is 0 Å². The summed E-state index contributed by atoms with van der Waals surface area (Å²) in [6.45, 7) is 18.8. The van der Waals surface area contributed by atoms with Crippen LogP contribution in [-0.4, -0.2) is 8.97 Å². The molecular formula is C51H44N2. The molecule has 10 aromatic rings. The van der Waals surface area contributed by atoms with Crippen LogP contribution in [0.25, 0.3) is 87.5 Å². The van der Waals surface area contributed by atoms with Crippen molar-refractivity contribution in [2.75, 3.05) is 0 Å². The van der Waals surface area contributed by atoms with Crippen LogP contribution >= 0.6 is 0 Å². The van der Waals surface area contributed by atoms with Gasteiger partial charge in [-0.05, 0) is 116 Å². The second-order valence-corrected chi connectivity index (χ2v) is 18.3. The molecule has 11 rings (SSSR count). The van der Waals surface area contributed by atoms with Crippen LogP contribution in [0.1, 0.15) is 77.6 Å². The lowest BCUT2D eigenvalue weighted by molar-refractivity contribution is 0.591. The highest BCUT2D eigenvalue weighted by atomic mass is 15.0. The first-order chi connectivity index (χ1) is 25.3. The maximum absolute atomic E-state index is 2.60. The Morgan fingerprint density at radius 2 is 1.06 bits per heavy atom. The number of aromatic nitrogens is 2. The van der Waals surface area contributed by atoms with E-state index in [1.165, 1.54) is 110 Å². The smallest absolute Gasteiger partial charge is 0.0620 e. The van der Waals surface area contributed by atoms with E-state index >= 15 is 0 Å². The zero-order chi connectivity index (χ0) is 36.3. The summed E-state index contributed by atoms with van der Waals surface area (Å²) < 4.78 is 5.11. The number of nitrogens with zero attached hydrogens (tertiary/aromatic N) is 2. The minimum atomic E-state index is -0.0745. The molecule has 53 heavy (non-hydrogen) atoms. The molecule has 0 radical (unpaired) electrons. The summed E-state index contributed by atoms with van der Waals surface area (Å²) in [5.41, 5.74) is 15.9. The summed E-state index contributed by atoms with van der Waals surface area (Å²) >= 11 is 0. The highest BCUT2D eigenvalue weighted by Crippen LogP contribution is 2.52. The average molecular weight is 685 g/mol. The van der Waals surface area contributed by atoms with Crippen molar-refractivity contribution in [1.82, 2.24) is 8.97 Å². The van der Waals surface area contributed by atoms with Crippen LogP contribution in [-0.2, 0) is 16.2 Å². The van der Waals surface area contributed by atoms with Gasteiger partial charge in [0.25, 0.3) is 0 Å². The predicted molar refractivity (Wildman–Crippen MR) is 228 cm³/mol. The summed E-state index contributed by atoms with van der Waals surface area (Å²) in [6, 6.07) is 46.8. The number of benzene rings is 7. The molecule has 2 nitrogen and oxygen atoms in total. The molecule has 258 valence electrons. The van der Waals surface area contributed by atoms with E-state index in [9.17, 15) is 0 Å². The molecule has 0 unspecified atom stereocenters. The standard InChI is InChI=1S/C51H44N2/c1-49(2,3)31-18-20-44-36(22-31)37-26-39-41-24-32(50(4,5)6)23-40-38-25-35-34-15-11-12-16-42(34)51(7,8)43(35)27-45(38)53(48(40)41)47(39)28-46(37)52(44)33-19-17-29-13-9-10-14-30(29)21-33/h9-28H,1-8H3. The van der Waals surface area contributed by atoms with Crippen molar-refractivity contribution in [3.05, 3.63) is 144 Å². The molecule has 3 heterocycles. The quantitative estimate of drug-likeness (QED) is 0.163. The van der Waals surface area contributed by atoms with Crippen LogP contribution in [0.3, 0.4) is 0 Å². The summed E-state index contributed by atoms with van der Waals surface area (Å²) in [4.78, 5) is 0. The molecule has 2 heteroatoms. The normalized spacial score (nSPS) is 14.6. The molecule has 7 aromatic carbocycles. The third-order valence-electron chi connectivity index (χ3n) is 12.7. The first-order valence-corrected chi connectivity index (χ1v) is 19.2. The summed E-state index contributed by atoms with van der Waals surface area (Å²) in [5.74, 6) is 0. The van der Waals surface area contributed by atoms with E-state index in [0.29, 0.717) is 0 Å². The van der Waals surface area contributed by atoms with E-state index in [1.807, 2.05) is 0 Å². The van der Waals surface area contributed by atoms with Crippen LogP contribution in [0.2, 0.25) is 0 Å². The monoisotopic (exact) mass is 684 g/mol. The molecule has 0 saturated heterocycles. The van der Waals surface area contributed by atoms with Crippen molar-refractivity contribution in [1.29, 1.82) is 0 Å². The van der Waals surface area contributed by atoms with Gasteiger partial charge in [0.2, 0.25) is 0 Å². The van der Waals surface area contributed by atoms with Gasteiger partial charge in [-0.1, -0.05) is 116 Å². The van der Waals surface area contributed by atoms with Crippen molar-refractivity contribution >= 4 is 70.7 Å². The van der Waals surface area contributed by atoms with Crippen molar-refractivity contribution in [3.8, 4) is 16.8 Å². The zero-order valence-corrected chi connectivity index (χ0v) is 31.9. The van der Waals surface area contributed by atoms with E-state index in [4.69, 9.17) is 0 Å². The number of fused-ring (bicyclic) bond motifs is 13. The van der Waals surface area contributed by atoms with Crippen molar-refractivity contribution in [3.63, 3.8) is 0 Å². The summed E-state index contributed by atoms with van der Waals surface area (Å²) in [6.07, 6.45) is 0. The molecule has 0 saturated carbocycles. The first-order valence-electron chi connectivity index (χ1n) is 19.2. The second-order valence-electron chi connectivity index (χ2n) is 18.3. The molecule has 3 aromatic heterocycles. The minimum Gasteiger partial charge on any atom is -0.309 e. The third kappa shape index (κ3) is 4.04. The predicted octanol–water partition coefficient (Wildman–Crippen LogP) is 14.0. The highest BCUT2D eigenvalue weighted by Gasteiger charge is 2.36. The fourth-order valence-electron chi connectivity index (χ4n) is 9.74.